The Morgan fingerprint density at radius 3 is 2.88 bits per heavy atom. The number of nitrogens with one attached hydrogen (secondary N) is 1. The van der Waals surface area contributed by atoms with Crippen molar-refractivity contribution in [2.24, 2.45) is 0 Å². The van der Waals surface area contributed by atoms with Gasteiger partial charge in [-0.1, -0.05) is 30.3 Å². The number of hydrogen-bond donors (Lipinski definition) is 1. The number of piperazine rings is 1. The monoisotopic (exact) mass is 350 g/mol. The number of fused-ring (bicyclic) bond motifs is 1. The van der Waals surface area contributed by atoms with Gasteiger partial charge >= 0.3 is 0 Å². The molecule has 1 N–H and O–H groups in total. The summed E-state index contributed by atoms with van der Waals surface area (Å²) in [6.45, 7) is 4.65. The first kappa shape index (κ1) is 16.7. The second kappa shape index (κ2) is 7.22. The van der Waals surface area contributed by atoms with Gasteiger partial charge < -0.3 is 19.4 Å². The van der Waals surface area contributed by atoms with Crippen molar-refractivity contribution in [2.45, 2.75) is 19.6 Å². The second-order valence-corrected chi connectivity index (χ2v) is 6.62. The lowest BCUT2D eigenvalue weighted by molar-refractivity contribution is 0.0619. The van der Waals surface area contributed by atoms with Crippen LogP contribution in [0.5, 0.6) is 5.75 Å². The van der Waals surface area contributed by atoms with Gasteiger partial charge in [0.05, 0.1) is 0 Å². The number of carbonyl (C=O) groups is 1. The van der Waals surface area contributed by atoms with Crippen LogP contribution in [0.4, 0.5) is 0 Å². The van der Waals surface area contributed by atoms with Crippen LogP contribution in [0.25, 0.3) is 10.8 Å². The number of ether oxygens (including phenoxy) is 1. The van der Waals surface area contributed by atoms with Gasteiger partial charge in [0.2, 0.25) is 0 Å². The van der Waals surface area contributed by atoms with Crippen molar-refractivity contribution in [2.75, 3.05) is 19.6 Å². The Balaban J connectivity index is 1.42. The van der Waals surface area contributed by atoms with E-state index in [4.69, 9.17) is 9.15 Å². The van der Waals surface area contributed by atoms with E-state index in [0.29, 0.717) is 24.7 Å². The van der Waals surface area contributed by atoms with E-state index >= 15 is 0 Å². The highest BCUT2D eigenvalue weighted by molar-refractivity contribution is 5.91. The summed E-state index contributed by atoms with van der Waals surface area (Å²) in [4.78, 5) is 14.5. The van der Waals surface area contributed by atoms with Crippen LogP contribution in [0.15, 0.2) is 59.0 Å². The molecule has 0 bridgehead atoms. The minimum absolute atomic E-state index is 0.0593. The zero-order valence-corrected chi connectivity index (χ0v) is 14.8. The fourth-order valence-corrected chi connectivity index (χ4v) is 3.27. The van der Waals surface area contributed by atoms with Crippen LogP contribution < -0.4 is 10.1 Å². The topological polar surface area (TPSA) is 54.7 Å². The van der Waals surface area contributed by atoms with E-state index in [1.54, 1.807) is 12.1 Å². The number of rotatable bonds is 4. The summed E-state index contributed by atoms with van der Waals surface area (Å²) in [6.07, 6.45) is 0. The van der Waals surface area contributed by atoms with Crippen molar-refractivity contribution in [3.8, 4) is 5.75 Å². The molecular weight excluding hydrogens is 328 g/mol. The third-order valence-electron chi connectivity index (χ3n) is 4.74. The van der Waals surface area contributed by atoms with Gasteiger partial charge in [-0.15, -0.1) is 0 Å². The highest BCUT2D eigenvalue weighted by Gasteiger charge is 2.26. The average molecular weight is 350 g/mol. The summed E-state index contributed by atoms with van der Waals surface area (Å²) in [5, 5.41) is 5.59. The van der Waals surface area contributed by atoms with Crippen LogP contribution in [0, 0.1) is 0 Å². The Bertz CT molecular complexity index is 918. The van der Waals surface area contributed by atoms with Crippen LogP contribution in [0.3, 0.4) is 0 Å². The molecule has 0 saturated carbocycles. The van der Waals surface area contributed by atoms with Crippen LogP contribution in [0.2, 0.25) is 0 Å². The van der Waals surface area contributed by atoms with E-state index in [0.717, 1.165) is 24.2 Å². The molecule has 0 radical (unpaired) electrons. The van der Waals surface area contributed by atoms with E-state index < -0.39 is 0 Å². The number of amides is 1. The van der Waals surface area contributed by atoms with Gasteiger partial charge in [-0.05, 0) is 42.0 Å². The summed E-state index contributed by atoms with van der Waals surface area (Å²) in [7, 11) is 0. The highest BCUT2D eigenvalue weighted by atomic mass is 16.5. The van der Waals surface area contributed by atoms with Gasteiger partial charge in [0.15, 0.2) is 5.76 Å². The maximum Gasteiger partial charge on any atom is 0.289 e. The first-order chi connectivity index (χ1) is 12.7. The third kappa shape index (κ3) is 3.44. The predicted octanol–water partition coefficient (Wildman–Crippen LogP) is 3.45. The molecule has 0 unspecified atom stereocenters. The van der Waals surface area contributed by atoms with Gasteiger partial charge in [0.25, 0.3) is 5.91 Å². The molecule has 2 heterocycles. The fraction of sp³-hybridized carbons (Fsp3) is 0.286. The number of carbonyl (C=O) groups excluding carboxylic acids is 1. The van der Waals surface area contributed by atoms with Crippen molar-refractivity contribution in [1.29, 1.82) is 0 Å². The molecule has 26 heavy (non-hydrogen) atoms. The van der Waals surface area contributed by atoms with E-state index in [-0.39, 0.29) is 11.9 Å². The molecule has 1 aromatic heterocycles. The summed E-state index contributed by atoms with van der Waals surface area (Å²) in [5.41, 5.74) is 0. The van der Waals surface area contributed by atoms with E-state index in [9.17, 15) is 4.79 Å². The molecule has 0 spiro atoms. The summed E-state index contributed by atoms with van der Waals surface area (Å²) < 4.78 is 11.6. The third-order valence-corrected chi connectivity index (χ3v) is 4.74. The first-order valence-corrected chi connectivity index (χ1v) is 8.93. The van der Waals surface area contributed by atoms with Crippen molar-refractivity contribution >= 4 is 16.7 Å². The molecule has 3 aromatic rings. The molecule has 1 atom stereocenters. The lowest BCUT2D eigenvalue weighted by Crippen LogP contribution is -2.52. The van der Waals surface area contributed by atoms with Gasteiger partial charge in [0, 0.05) is 25.7 Å². The van der Waals surface area contributed by atoms with Crippen LogP contribution in [-0.2, 0) is 6.61 Å². The summed E-state index contributed by atoms with van der Waals surface area (Å²) in [6, 6.07) is 17.8. The fourth-order valence-electron chi connectivity index (χ4n) is 3.27. The minimum atomic E-state index is -0.0593. The zero-order chi connectivity index (χ0) is 17.9. The summed E-state index contributed by atoms with van der Waals surface area (Å²) in [5.74, 6) is 1.74. The van der Waals surface area contributed by atoms with Crippen molar-refractivity contribution in [3.05, 3.63) is 66.1 Å². The Kier molecular flexibility index (Phi) is 4.63. The summed E-state index contributed by atoms with van der Waals surface area (Å²) >= 11 is 0. The van der Waals surface area contributed by atoms with Crippen molar-refractivity contribution in [3.63, 3.8) is 0 Å². The number of nitrogens with zero attached hydrogens (tertiary/aromatic N) is 1. The van der Waals surface area contributed by atoms with Gasteiger partial charge in [-0.2, -0.15) is 0 Å². The van der Waals surface area contributed by atoms with E-state index in [2.05, 4.69) is 17.4 Å². The normalized spacial score (nSPS) is 17.4. The number of furan rings is 1. The molecule has 5 nitrogen and oxygen atoms in total. The molecule has 4 rings (SSSR count). The Morgan fingerprint density at radius 2 is 2.04 bits per heavy atom. The molecule has 1 aliphatic heterocycles. The SMILES string of the molecule is C[C@H]1CNCCN1C(=O)c1ccc(COc2ccc3ccccc3c2)o1. The number of hydrogen-bond acceptors (Lipinski definition) is 4. The van der Waals surface area contributed by atoms with E-state index in [1.165, 1.54) is 5.39 Å². The van der Waals surface area contributed by atoms with Crippen LogP contribution in [0.1, 0.15) is 23.2 Å². The molecule has 1 saturated heterocycles. The Labute approximate surface area is 152 Å². The molecule has 0 aliphatic carbocycles. The van der Waals surface area contributed by atoms with Gasteiger partial charge in [-0.25, -0.2) is 0 Å². The first-order valence-electron chi connectivity index (χ1n) is 8.93. The molecule has 1 fully saturated rings. The van der Waals surface area contributed by atoms with Gasteiger partial charge in [-0.3, -0.25) is 4.79 Å². The molecule has 2 aromatic carbocycles. The molecule has 1 aliphatic rings. The maximum atomic E-state index is 12.6. The quantitative estimate of drug-likeness (QED) is 0.783. The molecule has 134 valence electrons. The smallest absolute Gasteiger partial charge is 0.289 e. The second-order valence-electron chi connectivity index (χ2n) is 6.62. The standard InChI is InChI=1S/C21H22N2O3/c1-15-13-22-10-11-23(15)21(24)20-9-8-19(26-20)14-25-18-7-6-16-4-2-3-5-17(16)12-18/h2-9,12,15,22H,10-11,13-14H2,1H3/t15-/m0/s1. The Morgan fingerprint density at radius 1 is 1.19 bits per heavy atom. The van der Waals surface area contributed by atoms with Crippen molar-refractivity contribution < 1.29 is 13.9 Å². The lowest BCUT2D eigenvalue weighted by Gasteiger charge is -2.33. The molecular formula is C21H22N2O3. The van der Waals surface area contributed by atoms with E-state index in [1.807, 2.05) is 42.2 Å². The van der Waals surface area contributed by atoms with Crippen LogP contribution >= 0.6 is 0 Å². The van der Waals surface area contributed by atoms with Crippen LogP contribution in [-0.4, -0.2) is 36.5 Å². The predicted molar refractivity (Wildman–Crippen MR) is 100 cm³/mol. The highest BCUT2D eigenvalue weighted by Crippen LogP contribution is 2.22. The largest absolute Gasteiger partial charge is 0.486 e. The Hall–Kier alpha value is -2.79. The van der Waals surface area contributed by atoms with Crippen molar-refractivity contribution in [1.82, 2.24) is 10.2 Å². The minimum Gasteiger partial charge on any atom is -0.486 e. The molecule has 1 amide bonds. The number of benzene rings is 2. The zero-order valence-electron chi connectivity index (χ0n) is 14.8. The maximum absolute atomic E-state index is 12.6. The average Bonchev–Trinajstić information content (AvgIpc) is 3.15. The van der Waals surface area contributed by atoms with Gasteiger partial charge in [0.1, 0.15) is 18.1 Å². The molecule has 5 heteroatoms. The lowest BCUT2D eigenvalue weighted by atomic mass is 10.1.